The van der Waals surface area contributed by atoms with E-state index >= 15 is 0 Å². The molecule has 0 bridgehead atoms. The molecular weight excluding hydrogens is 618 g/mol. The van der Waals surface area contributed by atoms with Crippen LogP contribution in [-0.4, -0.2) is 80.6 Å². The molecule has 0 heterocycles. The van der Waals surface area contributed by atoms with Gasteiger partial charge in [-0.1, -0.05) is 134 Å². The highest BCUT2D eigenvalue weighted by molar-refractivity contribution is 5.72. The first-order valence-electron chi connectivity index (χ1n) is 19.9. The highest BCUT2D eigenvalue weighted by Gasteiger charge is 2.31. The number of nitrogens with zero attached hydrogens (tertiary/aromatic N) is 1. The van der Waals surface area contributed by atoms with E-state index in [0.717, 1.165) is 70.6 Å². The van der Waals surface area contributed by atoms with E-state index in [1.54, 1.807) is 0 Å². The number of carbonyl (C=O) groups excluding carboxylic acids is 2. The number of aliphatic carboxylic acids is 1. The minimum Gasteiger partial charge on any atom is -0.477 e. The number of ether oxygens (including phenoxy) is 3. The maximum Gasteiger partial charge on any atom is 0.362 e. The lowest BCUT2D eigenvalue weighted by Gasteiger charge is -2.31. The van der Waals surface area contributed by atoms with Gasteiger partial charge in [0.05, 0.1) is 34.4 Å². The van der Waals surface area contributed by atoms with Gasteiger partial charge in [-0.3, -0.25) is 9.59 Å². The first-order chi connectivity index (χ1) is 23.6. The van der Waals surface area contributed by atoms with Gasteiger partial charge in [0.25, 0.3) is 0 Å². The molecule has 0 saturated heterocycles. The average Bonchev–Trinajstić information content (AvgIpc) is 3.05. The maximum atomic E-state index is 12.6. The molecule has 0 aliphatic carbocycles. The van der Waals surface area contributed by atoms with E-state index < -0.39 is 18.1 Å². The fourth-order valence-corrected chi connectivity index (χ4v) is 5.72. The lowest BCUT2D eigenvalue weighted by atomic mass is 10.0. The van der Waals surface area contributed by atoms with Gasteiger partial charge in [0.1, 0.15) is 6.61 Å². The largest absolute Gasteiger partial charge is 0.477 e. The summed E-state index contributed by atoms with van der Waals surface area (Å²) in [5.41, 5.74) is 0. The van der Waals surface area contributed by atoms with Crippen molar-refractivity contribution < 1.29 is 38.2 Å². The fraction of sp³-hybridized carbons (Fsp3) is 0.829. The van der Waals surface area contributed by atoms with Crippen LogP contribution in [0.3, 0.4) is 0 Å². The van der Waals surface area contributed by atoms with Crippen molar-refractivity contribution >= 4 is 17.9 Å². The molecule has 0 amide bonds. The predicted molar refractivity (Wildman–Crippen MR) is 202 cm³/mol. The summed E-state index contributed by atoms with van der Waals surface area (Å²) in [5, 5.41) is 9.58. The lowest BCUT2D eigenvalue weighted by molar-refractivity contribution is -0.887. The summed E-state index contributed by atoms with van der Waals surface area (Å²) >= 11 is 0. The highest BCUT2D eigenvalue weighted by atomic mass is 16.6. The Bertz CT molecular complexity index is 864. The number of quaternary nitrogens is 1. The van der Waals surface area contributed by atoms with Crippen LogP contribution in [0.1, 0.15) is 168 Å². The van der Waals surface area contributed by atoms with Crippen LogP contribution in [0.4, 0.5) is 0 Å². The lowest BCUT2D eigenvalue weighted by Crippen LogP contribution is -2.50. The minimum atomic E-state index is -0.877. The Morgan fingerprint density at radius 2 is 1.12 bits per heavy atom. The average molecular weight is 695 g/mol. The number of allylic oxidation sites excluding steroid dienone is 4. The Kier molecular flexibility index (Phi) is 31.5. The number of esters is 2. The molecule has 8 nitrogen and oxygen atoms in total. The van der Waals surface area contributed by atoms with Gasteiger partial charge in [-0.2, -0.15) is 0 Å². The summed E-state index contributed by atoms with van der Waals surface area (Å²) in [5.74, 6) is -1.48. The third kappa shape index (κ3) is 31.5. The number of carboxylic acids is 1. The molecule has 1 N–H and O–H groups in total. The van der Waals surface area contributed by atoms with Crippen molar-refractivity contribution in [1.29, 1.82) is 0 Å². The van der Waals surface area contributed by atoms with E-state index in [2.05, 4.69) is 38.2 Å². The molecule has 0 saturated carbocycles. The van der Waals surface area contributed by atoms with Crippen LogP contribution in [-0.2, 0) is 28.6 Å². The second-order valence-electron chi connectivity index (χ2n) is 14.5. The summed E-state index contributed by atoms with van der Waals surface area (Å²) in [6.45, 7) is 4.65. The van der Waals surface area contributed by atoms with Gasteiger partial charge in [0.2, 0.25) is 0 Å². The molecule has 0 aromatic carbocycles. The van der Waals surface area contributed by atoms with E-state index in [1.165, 1.54) is 64.2 Å². The summed E-state index contributed by atoms with van der Waals surface area (Å²) in [7, 11) is 5.51. The van der Waals surface area contributed by atoms with Crippen molar-refractivity contribution in [3.8, 4) is 0 Å². The predicted octanol–water partition coefficient (Wildman–Crippen LogP) is 10.1. The van der Waals surface area contributed by atoms with E-state index in [-0.39, 0.29) is 36.2 Å². The van der Waals surface area contributed by atoms with Gasteiger partial charge >= 0.3 is 17.9 Å². The normalized spacial score (nSPS) is 13.2. The van der Waals surface area contributed by atoms with Gasteiger partial charge in [-0.15, -0.1) is 0 Å². The zero-order chi connectivity index (χ0) is 36.4. The Labute approximate surface area is 301 Å². The maximum absolute atomic E-state index is 12.6. The summed E-state index contributed by atoms with van der Waals surface area (Å²) < 4.78 is 17.2. The fourth-order valence-electron chi connectivity index (χ4n) is 5.72. The molecule has 0 rings (SSSR count). The van der Waals surface area contributed by atoms with Crippen LogP contribution in [0.2, 0.25) is 0 Å². The second-order valence-corrected chi connectivity index (χ2v) is 14.5. The van der Waals surface area contributed by atoms with Gasteiger partial charge in [0, 0.05) is 19.3 Å². The molecule has 0 aliphatic rings. The van der Waals surface area contributed by atoms with Crippen molar-refractivity contribution in [3.63, 3.8) is 0 Å². The number of rotatable bonds is 35. The van der Waals surface area contributed by atoms with Gasteiger partial charge in [-0.25, -0.2) is 4.79 Å². The Morgan fingerprint density at radius 3 is 1.65 bits per heavy atom. The van der Waals surface area contributed by atoms with Crippen LogP contribution < -0.4 is 0 Å². The van der Waals surface area contributed by atoms with E-state index in [4.69, 9.17) is 14.2 Å². The smallest absolute Gasteiger partial charge is 0.362 e. The third-order valence-corrected chi connectivity index (χ3v) is 8.83. The van der Waals surface area contributed by atoms with Crippen LogP contribution in [0, 0.1) is 0 Å². The topological polar surface area (TPSA) is 99.1 Å². The van der Waals surface area contributed by atoms with E-state index in [1.807, 2.05) is 21.1 Å². The van der Waals surface area contributed by atoms with Crippen molar-refractivity contribution in [2.24, 2.45) is 0 Å². The Morgan fingerprint density at radius 1 is 0.612 bits per heavy atom. The molecule has 49 heavy (non-hydrogen) atoms. The summed E-state index contributed by atoms with van der Waals surface area (Å²) in [4.78, 5) is 36.8. The number of carbonyl (C=O) groups is 3. The van der Waals surface area contributed by atoms with Crippen LogP contribution in [0.25, 0.3) is 0 Å². The molecule has 2 unspecified atom stereocenters. The van der Waals surface area contributed by atoms with E-state index in [9.17, 15) is 19.5 Å². The third-order valence-electron chi connectivity index (χ3n) is 8.83. The minimum absolute atomic E-state index is 0.0531. The Balaban J connectivity index is 4.42. The number of likely N-dealkylation sites (N-methyl/N-ethyl adjacent to an activating group) is 1. The van der Waals surface area contributed by atoms with Crippen molar-refractivity contribution in [2.45, 2.75) is 180 Å². The van der Waals surface area contributed by atoms with Crippen LogP contribution >= 0.6 is 0 Å². The molecule has 0 aromatic rings. The van der Waals surface area contributed by atoms with Crippen molar-refractivity contribution in [2.75, 3.05) is 41.0 Å². The SMILES string of the molecule is CCC/C=C\C/C=C\CCCCCCCC(=O)OC(COCCC(C(=O)O)[N+](C)(C)C)COC(=O)CCCCCCCCCCCCCC. The van der Waals surface area contributed by atoms with Crippen LogP contribution in [0.5, 0.6) is 0 Å². The first kappa shape index (κ1) is 46.8. The van der Waals surface area contributed by atoms with Gasteiger partial charge in [0.15, 0.2) is 12.1 Å². The monoisotopic (exact) mass is 695 g/mol. The zero-order valence-corrected chi connectivity index (χ0v) is 32.4. The van der Waals surface area contributed by atoms with Crippen molar-refractivity contribution in [3.05, 3.63) is 24.3 Å². The van der Waals surface area contributed by atoms with E-state index in [0.29, 0.717) is 19.3 Å². The number of carboxylic acid groups (broad SMARTS) is 1. The molecule has 0 spiro atoms. The molecule has 286 valence electrons. The molecule has 2 atom stereocenters. The zero-order valence-electron chi connectivity index (χ0n) is 32.4. The molecule has 0 aromatic heterocycles. The summed E-state index contributed by atoms with van der Waals surface area (Å²) in [6.07, 6.45) is 33.5. The number of unbranched alkanes of at least 4 members (excludes halogenated alkanes) is 17. The first-order valence-corrected chi connectivity index (χ1v) is 19.9. The molecule has 0 fully saturated rings. The molecule has 8 heteroatoms. The number of hydrogen-bond acceptors (Lipinski definition) is 6. The molecule has 0 radical (unpaired) electrons. The van der Waals surface area contributed by atoms with Crippen LogP contribution in [0.15, 0.2) is 24.3 Å². The highest BCUT2D eigenvalue weighted by Crippen LogP contribution is 2.14. The second kappa shape index (κ2) is 33.0. The van der Waals surface area contributed by atoms with Gasteiger partial charge < -0.3 is 23.8 Å². The molecular formula is C41H76NO7+. The van der Waals surface area contributed by atoms with Gasteiger partial charge in [-0.05, 0) is 38.5 Å². The Hall–Kier alpha value is -2.19. The standard InChI is InChI=1S/C41H75NO7/c1-6-8-10-12-14-16-18-20-22-24-26-28-30-32-40(44)49-37(35-47-34-33-38(41(45)46)42(3,4)5)36-48-39(43)31-29-27-25-23-21-19-17-15-13-11-9-7-2/h10,12,16,18,37-38H,6-9,11,13-15,17,19-36H2,1-5H3/p+1/b12-10-,18-16-. The quantitative estimate of drug-likeness (QED) is 0.0305. The summed E-state index contributed by atoms with van der Waals surface area (Å²) in [6, 6.07) is -0.613. The molecule has 0 aliphatic heterocycles. The van der Waals surface area contributed by atoms with Crippen molar-refractivity contribution in [1.82, 2.24) is 0 Å². The number of hydrogen-bond donors (Lipinski definition) is 1.